The van der Waals surface area contributed by atoms with Crippen molar-refractivity contribution in [3.8, 4) is 44.6 Å². The summed E-state index contributed by atoms with van der Waals surface area (Å²) in [5, 5.41) is 1.05. The topological polar surface area (TPSA) is 30.2 Å². The first-order valence-corrected chi connectivity index (χ1v) is 13.9. The number of rotatable bonds is 4. The van der Waals surface area contributed by atoms with Gasteiger partial charge >= 0.3 is 0 Å². The minimum Gasteiger partial charge on any atom is -0.298 e. The minimum absolute atomic E-state index is 0.908. The lowest BCUT2D eigenvalue weighted by Gasteiger charge is -2.19. The molecule has 0 saturated heterocycles. The van der Waals surface area contributed by atoms with Gasteiger partial charge in [-0.1, -0.05) is 115 Å². The summed E-state index contributed by atoms with van der Waals surface area (Å²) in [5.74, 6) is 0. The van der Waals surface area contributed by atoms with Gasteiger partial charge in [0.1, 0.15) is 16.7 Å². The number of benzene rings is 5. The average Bonchev–Trinajstić information content (AvgIpc) is 3.45. The van der Waals surface area contributed by atoms with Crippen LogP contribution in [-0.4, -0.2) is 14.4 Å². The van der Waals surface area contributed by atoms with Crippen LogP contribution in [0.1, 0.15) is 0 Å². The van der Waals surface area contributed by atoms with Crippen LogP contribution < -0.4 is 0 Å². The normalized spacial score (nSPS) is 11.4. The van der Waals surface area contributed by atoms with Crippen molar-refractivity contribution < 1.29 is 0 Å². The van der Waals surface area contributed by atoms with Gasteiger partial charge in [-0.2, -0.15) is 0 Å². The van der Waals surface area contributed by atoms with E-state index in [4.69, 9.17) is 9.97 Å². The molecule has 192 valence electrons. The molecule has 0 fully saturated rings. The monoisotopic (exact) mass is 523 g/mol. The van der Waals surface area contributed by atoms with Crippen LogP contribution in [0.15, 0.2) is 152 Å². The Kier molecular flexibility index (Phi) is 5.46. The SMILES string of the molecule is c1ccc(-c2cc(-c3ccccc3)c(-c3nc4ccccc4c4nc5ccccn5c34)c(-c3ccccc3)c2)cc1. The van der Waals surface area contributed by atoms with Crippen molar-refractivity contribution >= 4 is 27.6 Å². The fourth-order valence-corrected chi connectivity index (χ4v) is 5.91. The molecule has 41 heavy (non-hydrogen) atoms. The van der Waals surface area contributed by atoms with E-state index in [1.54, 1.807) is 0 Å². The molecule has 3 nitrogen and oxygen atoms in total. The molecule has 8 aromatic rings. The van der Waals surface area contributed by atoms with E-state index in [9.17, 15) is 0 Å². The van der Waals surface area contributed by atoms with Crippen molar-refractivity contribution in [3.05, 3.63) is 152 Å². The number of nitrogens with zero attached hydrogens (tertiary/aromatic N) is 3. The van der Waals surface area contributed by atoms with Crippen molar-refractivity contribution in [1.29, 1.82) is 0 Å². The second kappa shape index (κ2) is 9.58. The smallest absolute Gasteiger partial charge is 0.137 e. The lowest BCUT2D eigenvalue weighted by atomic mass is 9.86. The van der Waals surface area contributed by atoms with Gasteiger partial charge in [-0.3, -0.25) is 4.40 Å². The quantitative estimate of drug-likeness (QED) is 0.230. The van der Waals surface area contributed by atoms with Crippen LogP contribution in [0, 0.1) is 0 Å². The first kappa shape index (κ1) is 23.4. The van der Waals surface area contributed by atoms with Gasteiger partial charge in [0, 0.05) is 17.1 Å². The number of para-hydroxylation sites is 1. The number of imidazole rings is 1. The van der Waals surface area contributed by atoms with Gasteiger partial charge in [0.05, 0.1) is 11.2 Å². The van der Waals surface area contributed by atoms with E-state index >= 15 is 0 Å². The predicted molar refractivity (Wildman–Crippen MR) is 170 cm³/mol. The molecule has 0 spiro atoms. The highest BCUT2D eigenvalue weighted by atomic mass is 15.0. The summed E-state index contributed by atoms with van der Waals surface area (Å²) < 4.78 is 2.18. The summed E-state index contributed by atoms with van der Waals surface area (Å²) in [6.45, 7) is 0. The lowest BCUT2D eigenvalue weighted by Crippen LogP contribution is -1.98. The van der Waals surface area contributed by atoms with Gasteiger partial charge in [0.15, 0.2) is 0 Å². The first-order chi connectivity index (χ1) is 20.3. The van der Waals surface area contributed by atoms with E-state index in [-0.39, 0.29) is 0 Å². The van der Waals surface area contributed by atoms with Crippen molar-refractivity contribution in [2.75, 3.05) is 0 Å². The van der Waals surface area contributed by atoms with E-state index in [1.807, 2.05) is 6.07 Å². The van der Waals surface area contributed by atoms with Crippen LogP contribution in [0.2, 0.25) is 0 Å². The zero-order valence-electron chi connectivity index (χ0n) is 22.3. The number of hydrogen-bond donors (Lipinski definition) is 0. The van der Waals surface area contributed by atoms with Crippen molar-refractivity contribution in [1.82, 2.24) is 14.4 Å². The standard InChI is InChI=1S/C38H25N3/c1-4-14-26(15-5-1)29-24-31(27-16-6-2-7-17-27)35(32(25-29)28-18-8-3-9-19-28)37-38-36(30-20-10-11-21-33(30)39-37)40-34-22-12-13-23-41(34)38/h1-25H. The predicted octanol–water partition coefficient (Wildman–Crippen LogP) is 9.70. The molecule has 5 aromatic carbocycles. The van der Waals surface area contributed by atoms with Gasteiger partial charge in [-0.25, -0.2) is 9.97 Å². The lowest BCUT2D eigenvalue weighted by molar-refractivity contribution is 1.22. The van der Waals surface area contributed by atoms with Gasteiger partial charge in [0.2, 0.25) is 0 Å². The molecule has 0 aliphatic rings. The maximum absolute atomic E-state index is 5.41. The van der Waals surface area contributed by atoms with Gasteiger partial charge in [-0.05, 0) is 63.7 Å². The number of pyridine rings is 2. The molecule has 8 rings (SSSR count). The van der Waals surface area contributed by atoms with Gasteiger partial charge < -0.3 is 0 Å². The summed E-state index contributed by atoms with van der Waals surface area (Å²) in [4.78, 5) is 10.5. The molecule has 0 bridgehead atoms. The van der Waals surface area contributed by atoms with E-state index in [0.29, 0.717) is 0 Å². The fraction of sp³-hybridized carbons (Fsp3) is 0. The molecular weight excluding hydrogens is 498 g/mol. The second-order valence-electron chi connectivity index (χ2n) is 10.3. The Morgan fingerprint density at radius 1 is 0.463 bits per heavy atom. The third kappa shape index (κ3) is 3.90. The van der Waals surface area contributed by atoms with Crippen LogP contribution in [0.5, 0.6) is 0 Å². The second-order valence-corrected chi connectivity index (χ2v) is 10.3. The van der Waals surface area contributed by atoms with Crippen LogP contribution in [-0.2, 0) is 0 Å². The Labute approximate surface area is 238 Å². The zero-order chi connectivity index (χ0) is 27.2. The molecule has 0 saturated carbocycles. The molecule has 0 N–H and O–H groups in total. The molecule has 0 unspecified atom stereocenters. The number of fused-ring (bicyclic) bond motifs is 5. The highest BCUT2D eigenvalue weighted by molar-refractivity contribution is 6.12. The van der Waals surface area contributed by atoms with Crippen LogP contribution in [0.4, 0.5) is 0 Å². The third-order valence-corrected chi connectivity index (χ3v) is 7.80. The van der Waals surface area contributed by atoms with E-state index in [1.165, 1.54) is 11.1 Å². The maximum Gasteiger partial charge on any atom is 0.137 e. The minimum atomic E-state index is 0.908. The maximum atomic E-state index is 5.41. The largest absolute Gasteiger partial charge is 0.298 e. The Balaban J connectivity index is 1.59. The fourth-order valence-electron chi connectivity index (χ4n) is 5.91. The Hall–Kier alpha value is -5.54. The van der Waals surface area contributed by atoms with Gasteiger partial charge in [-0.15, -0.1) is 0 Å². The molecular formula is C38H25N3. The van der Waals surface area contributed by atoms with Crippen LogP contribution in [0.25, 0.3) is 72.2 Å². The summed E-state index contributed by atoms with van der Waals surface area (Å²) in [5.41, 5.74) is 12.8. The highest BCUT2D eigenvalue weighted by Crippen LogP contribution is 2.45. The van der Waals surface area contributed by atoms with E-state index in [2.05, 4.69) is 150 Å². The highest BCUT2D eigenvalue weighted by Gasteiger charge is 2.23. The molecule has 0 atom stereocenters. The average molecular weight is 524 g/mol. The van der Waals surface area contributed by atoms with Crippen molar-refractivity contribution in [2.45, 2.75) is 0 Å². The third-order valence-electron chi connectivity index (χ3n) is 7.80. The number of hydrogen-bond acceptors (Lipinski definition) is 2. The summed E-state index contributed by atoms with van der Waals surface area (Å²) in [6, 6.07) is 51.0. The molecule has 3 aromatic heterocycles. The molecule has 3 heterocycles. The first-order valence-electron chi connectivity index (χ1n) is 13.9. The molecule has 0 radical (unpaired) electrons. The Bertz CT molecular complexity index is 2120. The van der Waals surface area contributed by atoms with Gasteiger partial charge in [0.25, 0.3) is 0 Å². The van der Waals surface area contributed by atoms with E-state index < -0.39 is 0 Å². The Morgan fingerprint density at radius 2 is 1.02 bits per heavy atom. The summed E-state index contributed by atoms with van der Waals surface area (Å²) in [6.07, 6.45) is 2.09. The molecule has 0 aliphatic heterocycles. The Morgan fingerprint density at radius 3 is 1.68 bits per heavy atom. The van der Waals surface area contributed by atoms with Crippen molar-refractivity contribution in [3.63, 3.8) is 0 Å². The molecule has 0 aliphatic carbocycles. The summed E-state index contributed by atoms with van der Waals surface area (Å²) >= 11 is 0. The molecule has 3 heteroatoms. The zero-order valence-corrected chi connectivity index (χ0v) is 22.3. The van der Waals surface area contributed by atoms with Crippen LogP contribution in [0.3, 0.4) is 0 Å². The number of aromatic nitrogens is 3. The van der Waals surface area contributed by atoms with Crippen LogP contribution >= 0.6 is 0 Å². The summed E-state index contributed by atoms with van der Waals surface area (Å²) in [7, 11) is 0. The molecule has 0 amide bonds. The van der Waals surface area contributed by atoms with Crippen molar-refractivity contribution in [2.24, 2.45) is 0 Å². The van der Waals surface area contributed by atoms with E-state index in [0.717, 1.165) is 61.1 Å².